The van der Waals surface area contributed by atoms with Crippen LogP contribution in [0.2, 0.25) is 0 Å². The predicted molar refractivity (Wildman–Crippen MR) is 111 cm³/mol. The number of rotatable bonds is 8. The van der Waals surface area contributed by atoms with E-state index < -0.39 is 5.54 Å². The van der Waals surface area contributed by atoms with E-state index in [1.807, 2.05) is 0 Å². The van der Waals surface area contributed by atoms with Gasteiger partial charge >= 0.3 is 0 Å². The number of thioether (sulfide) groups is 1. The molecule has 1 fully saturated rings. The lowest BCUT2D eigenvalue weighted by Gasteiger charge is -2.26. The van der Waals surface area contributed by atoms with Crippen molar-refractivity contribution in [2.45, 2.75) is 54.8 Å². The van der Waals surface area contributed by atoms with E-state index in [0.29, 0.717) is 0 Å². The molecule has 2 heterocycles. The molecule has 0 bridgehead atoms. The highest BCUT2D eigenvalue weighted by Gasteiger charge is 2.32. The highest BCUT2D eigenvalue weighted by molar-refractivity contribution is 8.01. The van der Waals surface area contributed by atoms with Crippen molar-refractivity contribution in [3.63, 3.8) is 0 Å². The maximum atomic E-state index is 12.3. The number of carbonyl (C=O) groups excluding carboxylic acids is 1. The van der Waals surface area contributed by atoms with Crippen LogP contribution in [0.4, 0.5) is 5.13 Å². The second-order valence-corrected chi connectivity index (χ2v) is 9.81. The Bertz CT molecular complexity index is 760. The maximum absolute atomic E-state index is 12.3. The molecule has 0 saturated heterocycles. The van der Waals surface area contributed by atoms with E-state index in [9.17, 15) is 10.1 Å². The second-order valence-electron chi connectivity index (χ2n) is 6.57. The zero-order valence-electron chi connectivity index (χ0n) is 15.1. The molecule has 0 aliphatic heterocycles. The minimum atomic E-state index is -0.691. The quantitative estimate of drug-likeness (QED) is 0.493. The lowest BCUT2D eigenvalue weighted by atomic mass is 9.92. The van der Waals surface area contributed by atoms with Gasteiger partial charge in [0.2, 0.25) is 11.0 Å². The van der Waals surface area contributed by atoms with Gasteiger partial charge in [-0.25, -0.2) is 0 Å². The van der Waals surface area contributed by atoms with E-state index in [0.717, 1.165) is 61.0 Å². The number of nitrogens with one attached hydrogen (secondary N) is 2. The van der Waals surface area contributed by atoms with Gasteiger partial charge in [0.25, 0.3) is 0 Å². The van der Waals surface area contributed by atoms with Gasteiger partial charge in [-0.1, -0.05) is 54.8 Å². The Morgan fingerprint density at radius 3 is 2.81 bits per heavy atom. The Hall–Kier alpha value is -1.63. The smallest absolute Gasteiger partial charge is 0.231 e. The van der Waals surface area contributed by atoms with Gasteiger partial charge < -0.3 is 10.6 Å². The molecule has 1 aliphatic carbocycles. The van der Waals surface area contributed by atoms with Crippen molar-refractivity contribution in [2.24, 2.45) is 0 Å². The van der Waals surface area contributed by atoms with Crippen LogP contribution in [0.5, 0.6) is 0 Å². The Labute approximate surface area is 171 Å². The van der Waals surface area contributed by atoms with Gasteiger partial charge in [0.1, 0.15) is 5.54 Å². The van der Waals surface area contributed by atoms with Crippen LogP contribution in [0.1, 0.15) is 43.4 Å². The van der Waals surface area contributed by atoms with Crippen LogP contribution in [0.3, 0.4) is 0 Å². The van der Waals surface area contributed by atoms with E-state index >= 15 is 0 Å². The number of amides is 1. The zero-order chi connectivity index (χ0) is 19.0. The molecule has 9 heteroatoms. The van der Waals surface area contributed by atoms with Crippen LogP contribution in [-0.4, -0.2) is 33.9 Å². The van der Waals surface area contributed by atoms with Crippen LogP contribution in [0.25, 0.3) is 0 Å². The van der Waals surface area contributed by atoms with Gasteiger partial charge in [-0.2, -0.15) is 5.26 Å². The predicted octanol–water partition coefficient (Wildman–Crippen LogP) is 4.08. The van der Waals surface area contributed by atoms with Crippen molar-refractivity contribution in [2.75, 3.05) is 17.6 Å². The van der Waals surface area contributed by atoms with E-state index in [1.165, 1.54) is 28.0 Å². The van der Waals surface area contributed by atoms with Crippen molar-refractivity contribution in [1.82, 2.24) is 15.5 Å². The Kier molecular flexibility index (Phi) is 7.50. The molecule has 144 valence electrons. The number of anilines is 1. The van der Waals surface area contributed by atoms with Crippen molar-refractivity contribution >= 4 is 45.5 Å². The zero-order valence-corrected chi connectivity index (χ0v) is 17.5. The molecule has 27 heavy (non-hydrogen) atoms. The Balaban J connectivity index is 1.42. The lowest BCUT2D eigenvalue weighted by Crippen LogP contribution is -2.47. The molecule has 0 unspecified atom stereocenters. The van der Waals surface area contributed by atoms with Crippen molar-refractivity contribution in [1.29, 1.82) is 5.26 Å². The van der Waals surface area contributed by atoms with E-state index in [-0.39, 0.29) is 11.7 Å². The van der Waals surface area contributed by atoms with E-state index in [4.69, 9.17) is 0 Å². The summed E-state index contributed by atoms with van der Waals surface area (Å²) in [6, 6.07) is 6.52. The van der Waals surface area contributed by atoms with Gasteiger partial charge in [-0.3, -0.25) is 4.79 Å². The topological polar surface area (TPSA) is 90.7 Å². The molecular formula is C18H23N5OS3. The molecule has 0 atom stereocenters. The van der Waals surface area contributed by atoms with Crippen molar-refractivity contribution < 1.29 is 4.79 Å². The van der Waals surface area contributed by atoms with Gasteiger partial charge in [-0.05, 0) is 30.7 Å². The highest BCUT2D eigenvalue weighted by atomic mass is 32.2. The molecule has 1 saturated carbocycles. The van der Waals surface area contributed by atoms with E-state index in [2.05, 4.69) is 44.4 Å². The molecule has 6 nitrogen and oxygen atoms in total. The number of hydrogen-bond acceptors (Lipinski definition) is 8. The second kappa shape index (κ2) is 10.1. The third-order valence-corrected chi connectivity index (χ3v) is 7.46. The number of nitriles is 1. The molecule has 0 radical (unpaired) electrons. The average molecular weight is 422 g/mol. The van der Waals surface area contributed by atoms with Crippen LogP contribution in [-0.2, 0) is 11.2 Å². The molecule has 0 spiro atoms. The fraction of sp³-hybridized carbons (Fsp3) is 0.556. The fourth-order valence-electron chi connectivity index (χ4n) is 3.11. The third kappa shape index (κ3) is 6.19. The molecule has 2 aromatic rings. The summed E-state index contributed by atoms with van der Waals surface area (Å²) < 4.78 is 0.760. The maximum Gasteiger partial charge on any atom is 0.231 e. The minimum Gasteiger partial charge on any atom is -0.360 e. The van der Waals surface area contributed by atoms with E-state index in [1.54, 1.807) is 11.3 Å². The number of nitrogens with zero attached hydrogens (tertiary/aromatic N) is 3. The fourth-order valence-corrected chi connectivity index (χ4v) is 5.40. The SMILES string of the molecule is N#CC1(NC(=O)CSc2nnc(NCCc3cccs3)s2)CCCCCC1. The van der Waals surface area contributed by atoms with Crippen LogP contribution in [0, 0.1) is 11.3 Å². The van der Waals surface area contributed by atoms with Crippen LogP contribution in [0.15, 0.2) is 21.9 Å². The summed E-state index contributed by atoms with van der Waals surface area (Å²) in [6.45, 7) is 0.811. The molecular weight excluding hydrogens is 398 g/mol. The summed E-state index contributed by atoms with van der Waals surface area (Å²) in [6.07, 6.45) is 6.73. The first-order chi connectivity index (χ1) is 13.2. The number of aromatic nitrogens is 2. The van der Waals surface area contributed by atoms with Gasteiger partial charge in [0, 0.05) is 11.4 Å². The molecule has 2 aromatic heterocycles. The first-order valence-corrected chi connectivity index (χ1v) is 11.8. The number of carbonyl (C=O) groups is 1. The lowest BCUT2D eigenvalue weighted by molar-refractivity contribution is -0.120. The monoisotopic (exact) mass is 421 g/mol. The summed E-state index contributed by atoms with van der Waals surface area (Å²) in [5.74, 6) is 0.152. The minimum absolute atomic E-state index is 0.106. The normalized spacial score (nSPS) is 16.3. The van der Waals surface area contributed by atoms with Crippen LogP contribution < -0.4 is 10.6 Å². The summed E-state index contributed by atoms with van der Waals surface area (Å²) in [5, 5.41) is 26.9. The molecule has 1 aliphatic rings. The Morgan fingerprint density at radius 2 is 2.11 bits per heavy atom. The average Bonchev–Trinajstić information content (AvgIpc) is 3.29. The van der Waals surface area contributed by atoms with Gasteiger partial charge in [0.05, 0.1) is 11.8 Å². The summed E-state index contributed by atoms with van der Waals surface area (Å²) >= 11 is 4.57. The first kappa shape index (κ1) is 20.1. The molecule has 3 rings (SSSR count). The van der Waals surface area contributed by atoms with Gasteiger partial charge in [0.15, 0.2) is 4.34 Å². The summed E-state index contributed by atoms with van der Waals surface area (Å²) in [7, 11) is 0. The summed E-state index contributed by atoms with van der Waals surface area (Å²) in [5.41, 5.74) is -0.691. The van der Waals surface area contributed by atoms with Crippen molar-refractivity contribution in [3.05, 3.63) is 22.4 Å². The molecule has 0 aromatic carbocycles. The van der Waals surface area contributed by atoms with Crippen LogP contribution >= 0.6 is 34.4 Å². The largest absolute Gasteiger partial charge is 0.360 e. The summed E-state index contributed by atoms with van der Waals surface area (Å²) in [4.78, 5) is 13.7. The molecule has 2 N–H and O–H groups in total. The Morgan fingerprint density at radius 1 is 1.30 bits per heavy atom. The third-order valence-electron chi connectivity index (χ3n) is 4.51. The number of hydrogen-bond donors (Lipinski definition) is 2. The van der Waals surface area contributed by atoms with Crippen molar-refractivity contribution in [3.8, 4) is 6.07 Å². The standard InChI is InChI=1S/C18H23N5OS3/c19-13-18(8-3-1-2-4-9-18)21-15(24)12-26-17-23-22-16(27-17)20-10-7-14-6-5-11-25-14/h5-6,11H,1-4,7-10,12H2,(H,20,22)(H,21,24). The highest BCUT2D eigenvalue weighted by Crippen LogP contribution is 2.28. The first-order valence-electron chi connectivity index (χ1n) is 9.14. The molecule has 1 amide bonds. The van der Waals surface area contributed by atoms with Gasteiger partial charge in [-0.15, -0.1) is 21.5 Å². The number of thiophene rings is 1.